The quantitative estimate of drug-likeness (QED) is 0.431. The molecule has 0 radical (unpaired) electrons. The molecule has 0 aliphatic carbocycles. The van der Waals surface area contributed by atoms with Gasteiger partial charge in [-0.2, -0.15) is 11.8 Å². The smallest absolute Gasteiger partial charge is 0.191 e. The zero-order valence-corrected chi connectivity index (χ0v) is 13.0. The van der Waals surface area contributed by atoms with Crippen LogP contribution in [0.4, 0.5) is 0 Å². The average Bonchev–Trinajstić information content (AvgIpc) is 2.38. The van der Waals surface area contributed by atoms with Gasteiger partial charge < -0.3 is 20.1 Å². The van der Waals surface area contributed by atoms with Crippen molar-refractivity contribution in [3.63, 3.8) is 0 Å². The molecule has 0 aromatic rings. The van der Waals surface area contributed by atoms with Gasteiger partial charge in [-0.25, -0.2) is 0 Å². The van der Waals surface area contributed by atoms with Crippen LogP contribution in [0.15, 0.2) is 4.99 Å². The maximum atomic E-state index is 5.94. The lowest BCUT2D eigenvalue weighted by Gasteiger charge is -2.28. The Kier molecular flexibility index (Phi) is 7.56. The highest BCUT2D eigenvalue weighted by atomic mass is 127. The third kappa shape index (κ3) is 5.19. The largest absolute Gasteiger partial charge is 0.376 e. The Bertz CT molecular complexity index is 244. The SMILES string of the molecule is I.NC(=NCC1COCCO1)N1CCSCC1. The summed E-state index contributed by atoms with van der Waals surface area (Å²) in [5, 5.41) is 0. The third-order valence-electron chi connectivity index (χ3n) is 2.68. The molecule has 2 rings (SSSR count). The van der Waals surface area contributed by atoms with E-state index in [1.807, 2.05) is 11.8 Å². The van der Waals surface area contributed by atoms with Crippen molar-refractivity contribution in [3.8, 4) is 0 Å². The molecular formula is C10H20IN3O2S. The molecule has 2 aliphatic rings. The van der Waals surface area contributed by atoms with E-state index in [1.165, 1.54) is 0 Å². The summed E-state index contributed by atoms with van der Waals surface area (Å²) >= 11 is 1.97. The van der Waals surface area contributed by atoms with E-state index in [0.29, 0.717) is 32.3 Å². The summed E-state index contributed by atoms with van der Waals surface area (Å²) < 4.78 is 10.8. The number of thioether (sulfide) groups is 1. The highest BCUT2D eigenvalue weighted by molar-refractivity contribution is 14.0. The molecular weight excluding hydrogens is 353 g/mol. The molecule has 5 nitrogen and oxygen atoms in total. The minimum absolute atomic E-state index is 0. The van der Waals surface area contributed by atoms with E-state index in [-0.39, 0.29) is 30.1 Å². The molecule has 1 atom stereocenters. The molecule has 2 N–H and O–H groups in total. The molecule has 0 aromatic heterocycles. The van der Waals surface area contributed by atoms with Crippen molar-refractivity contribution in [2.45, 2.75) is 6.10 Å². The van der Waals surface area contributed by atoms with Crippen LogP contribution in [0.5, 0.6) is 0 Å². The number of rotatable bonds is 2. The van der Waals surface area contributed by atoms with Crippen LogP contribution < -0.4 is 5.73 Å². The Morgan fingerprint density at radius 1 is 1.35 bits per heavy atom. The van der Waals surface area contributed by atoms with Crippen LogP contribution in [0.2, 0.25) is 0 Å². The van der Waals surface area contributed by atoms with Gasteiger partial charge in [-0.1, -0.05) is 0 Å². The van der Waals surface area contributed by atoms with Crippen molar-refractivity contribution >= 4 is 41.7 Å². The first-order chi connectivity index (χ1) is 7.86. The second-order valence-electron chi connectivity index (χ2n) is 3.87. The topological polar surface area (TPSA) is 60.1 Å². The number of guanidine groups is 1. The van der Waals surface area contributed by atoms with Gasteiger partial charge in [0.15, 0.2) is 5.96 Å². The summed E-state index contributed by atoms with van der Waals surface area (Å²) in [5.41, 5.74) is 5.94. The third-order valence-corrected chi connectivity index (χ3v) is 3.62. The first-order valence-electron chi connectivity index (χ1n) is 5.68. The van der Waals surface area contributed by atoms with Crippen molar-refractivity contribution in [2.75, 3.05) is 51.0 Å². The van der Waals surface area contributed by atoms with Gasteiger partial charge in [0, 0.05) is 24.6 Å². The number of hydrogen-bond acceptors (Lipinski definition) is 4. The zero-order valence-electron chi connectivity index (χ0n) is 9.84. The number of nitrogens with two attached hydrogens (primary N) is 1. The van der Waals surface area contributed by atoms with E-state index in [2.05, 4.69) is 9.89 Å². The Labute approximate surface area is 124 Å². The lowest BCUT2D eigenvalue weighted by molar-refractivity contribution is -0.0833. The lowest BCUT2D eigenvalue weighted by Crippen LogP contribution is -2.43. The first kappa shape index (κ1) is 15.3. The van der Waals surface area contributed by atoms with Crippen molar-refractivity contribution in [3.05, 3.63) is 0 Å². The van der Waals surface area contributed by atoms with Gasteiger partial charge in [0.25, 0.3) is 0 Å². The lowest BCUT2D eigenvalue weighted by atomic mass is 10.3. The number of nitrogens with zero attached hydrogens (tertiary/aromatic N) is 2. The summed E-state index contributed by atoms with van der Waals surface area (Å²) in [5.74, 6) is 2.92. The minimum Gasteiger partial charge on any atom is -0.376 e. The molecule has 2 saturated heterocycles. The second kappa shape index (κ2) is 8.39. The predicted molar refractivity (Wildman–Crippen MR) is 81.4 cm³/mol. The van der Waals surface area contributed by atoms with Gasteiger partial charge in [0.1, 0.15) is 6.10 Å². The van der Waals surface area contributed by atoms with Gasteiger partial charge in [0.05, 0.1) is 26.4 Å². The van der Waals surface area contributed by atoms with E-state index in [1.54, 1.807) is 0 Å². The molecule has 7 heteroatoms. The van der Waals surface area contributed by atoms with Gasteiger partial charge in [-0.15, -0.1) is 24.0 Å². The minimum atomic E-state index is 0. The molecule has 0 aromatic carbocycles. The van der Waals surface area contributed by atoms with E-state index >= 15 is 0 Å². The number of hydrogen-bond donors (Lipinski definition) is 1. The van der Waals surface area contributed by atoms with E-state index in [4.69, 9.17) is 15.2 Å². The predicted octanol–water partition coefficient (Wildman–Crippen LogP) is 0.383. The summed E-state index contributed by atoms with van der Waals surface area (Å²) in [4.78, 5) is 6.52. The van der Waals surface area contributed by atoms with Crippen molar-refractivity contribution in [1.29, 1.82) is 0 Å². The first-order valence-corrected chi connectivity index (χ1v) is 6.83. The molecule has 0 spiro atoms. The summed E-state index contributed by atoms with van der Waals surface area (Å²) in [6, 6.07) is 0. The number of halogens is 1. The molecule has 1 unspecified atom stereocenters. The Morgan fingerprint density at radius 2 is 2.12 bits per heavy atom. The Balaban J connectivity index is 0.00000144. The normalized spacial score (nSPS) is 26.5. The fraction of sp³-hybridized carbons (Fsp3) is 0.900. The van der Waals surface area contributed by atoms with E-state index < -0.39 is 0 Å². The van der Waals surface area contributed by atoms with Crippen LogP contribution in [0.25, 0.3) is 0 Å². The van der Waals surface area contributed by atoms with E-state index in [9.17, 15) is 0 Å². The van der Waals surface area contributed by atoms with Crippen LogP contribution in [-0.2, 0) is 9.47 Å². The highest BCUT2D eigenvalue weighted by Gasteiger charge is 2.16. The van der Waals surface area contributed by atoms with Crippen LogP contribution in [0.1, 0.15) is 0 Å². The number of ether oxygens (including phenoxy) is 2. The molecule has 0 amide bonds. The Hall–Kier alpha value is 0.270. The van der Waals surface area contributed by atoms with Crippen molar-refractivity contribution in [1.82, 2.24) is 4.90 Å². The molecule has 17 heavy (non-hydrogen) atoms. The summed E-state index contributed by atoms with van der Waals surface area (Å²) in [7, 11) is 0. The molecule has 2 heterocycles. The van der Waals surface area contributed by atoms with Crippen molar-refractivity contribution in [2.24, 2.45) is 10.7 Å². The highest BCUT2D eigenvalue weighted by Crippen LogP contribution is 2.08. The van der Waals surface area contributed by atoms with Crippen LogP contribution in [0.3, 0.4) is 0 Å². The maximum absolute atomic E-state index is 5.94. The van der Waals surface area contributed by atoms with Gasteiger partial charge in [-0.3, -0.25) is 4.99 Å². The molecule has 0 bridgehead atoms. The van der Waals surface area contributed by atoms with Crippen LogP contribution in [-0.4, -0.2) is 67.9 Å². The zero-order chi connectivity index (χ0) is 11.2. The Morgan fingerprint density at radius 3 is 2.76 bits per heavy atom. The molecule has 2 aliphatic heterocycles. The fourth-order valence-electron chi connectivity index (χ4n) is 1.73. The summed E-state index contributed by atoms with van der Waals surface area (Å²) in [6.07, 6.45) is 0.0754. The molecule has 0 saturated carbocycles. The second-order valence-corrected chi connectivity index (χ2v) is 5.09. The standard InChI is InChI=1S/C10H19N3O2S.HI/c11-10(13-1-5-16-6-2-13)12-7-9-8-14-3-4-15-9;/h9H,1-8H2,(H2,11,12);1H. The van der Waals surface area contributed by atoms with Crippen LogP contribution >= 0.6 is 35.7 Å². The monoisotopic (exact) mass is 373 g/mol. The summed E-state index contributed by atoms with van der Waals surface area (Å²) in [6.45, 7) is 4.60. The van der Waals surface area contributed by atoms with Crippen LogP contribution in [0, 0.1) is 0 Å². The maximum Gasteiger partial charge on any atom is 0.191 e. The van der Waals surface area contributed by atoms with Gasteiger partial charge >= 0.3 is 0 Å². The average molecular weight is 373 g/mol. The molecule has 100 valence electrons. The van der Waals surface area contributed by atoms with Gasteiger partial charge in [-0.05, 0) is 0 Å². The molecule has 2 fully saturated rings. The fourth-order valence-corrected chi connectivity index (χ4v) is 2.63. The number of aliphatic imine (C=N–C) groups is 1. The van der Waals surface area contributed by atoms with Gasteiger partial charge in [0.2, 0.25) is 0 Å². The van der Waals surface area contributed by atoms with Crippen molar-refractivity contribution < 1.29 is 9.47 Å². The van der Waals surface area contributed by atoms with E-state index in [0.717, 1.165) is 24.6 Å².